The summed E-state index contributed by atoms with van der Waals surface area (Å²) in [6, 6.07) is 9.17. The largest absolute Gasteiger partial charge is 0.454 e. The minimum Gasteiger partial charge on any atom is -0.454 e. The Bertz CT molecular complexity index is 785. The van der Waals surface area contributed by atoms with Crippen LogP contribution in [0.25, 0.3) is 0 Å². The molecule has 0 unspecified atom stereocenters. The number of aromatic nitrogens is 1. The van der Waals surface area contributed by atoms with Crippen LogP contribution in [-0.2, 0) is 0 Å². The molecule has 3 heterocycles. The van der Waals surface area contributed by atoms with E-state index in [0.717, 1.165) is 24.7 Å². The second-order valence-corrected chi connectivity index (χ2v) is 6.59. The number of carbonyl (C=O) groups excluding carboxylic acids is 1. The lowest BCUT2D eigenvalue weighted by molar-refractivity contribution is 0.102. The third-order valence-electron chi connectivity index (χ3n) is 4.76. The lowest BCUT2D eigenvalue weighted by Gasteiger charge is -2.32. The van der Waals surface area contributed by atoms with E-state index in [-0.39, 0.29) is 12.7 Å². The van der Waals surface area contributed by atoms with E-state index in [1.807, 2.05) is 12.1 Å². The SMILES string of the molecule is CC1CCN(c2ccnc(C(=O)Nc3ccc4c(c3)OCO4)c2)CC1. The van der Waals surface area contributed by atoms with E-state index in [0.29, 0.717) is 22.9 Å². The number of ether oxygens (including phenoxy) is 2. The van der Waals surface area contributed by atoms with Gasteiger partial charge in [0.15, 0.2) is 11.5 Å². The molecular weight excluding hydrogens is 318 g/mol. The molecule has 1 amide bonds. The van der Waals surface area contributed by atoms with Gasteiger partial charge in [-0.1, -0.05) is 6.92 Å². The van der Waals surface area contributed by atoms with Gasteiger partial charge in [-0.3, -0.25) is 9.78 Å². The number of hydrogen-bond acceptors (Lipinski definition) is 5. The fourth-order valence-electron chi connectivity index (χ4n) is 3.18. The summed E-state index contributed by atoms with van der Waals surface area (Å²) in [4.78, 5) is 19.1. The van der Waals surface area contributed by atoms with Crippen molar-refractivity contribution in [2.75, 3.05) is 30.1 Å². The molecule has 2 aliphatic rings. The normalized spacial score (nSPS) is 16.8. The van der Waals surface area contributed by atoms with Crippen molar-refractivity contribution in [3.63, 3.8) is 0 Å². The van der Waals surface area contributed by atoms with E-state index < -0.39 is 0 Å². The Morgan fingerprint density at radius 3 is 2.80 bits per heavy atom. The van der Waals surface area contributed by atoms with Crippen LogP contribution in [0.15, 0.2) is 36.5 Å². The van der Waals surface area contributed by atoms with Crippen LogP contribution >= 0.6 is 0 Å². The molecule has 25 heavy (non-hydrogen) atoms. The van der Waals surface area contributed by atoms with Crippen molar-refractivity contribution in [3.8, 4) is 11.5 Å². The third kappa shape index (κ3) is 3.38. The van der Waals surface area contributed by atoms with Crippen LogP contribution in [-0.4, -0.2) is 30.8 Å². The van der Waals surface area contributed by atoms with Gasteiger partial charge < -0.3 is 19.7 Å². The van der Waals surface area contributed by atoms with Crippen molar-refractivity contribution >= 4 is 17.3 Å². The fourth-order valence-corrected chi connectivity index (χ4v) is 3.18. The number of amides is 1. The number of piperidine rings is 1. The van der Waals surface area contributed by atoms with Gasteiger partial charge in [-0.25, -0.2) is 0 Å². The fraction of sp³-hybridized carbons (Fsp3) is 0.368. The Hall–Kier alpha value is -2.76. The highest BCUT2D eigenvalue weighted by atomic mass is 16.7. The first-order valence-corrected chi connectivity index (χ1v) is 8.61. The number of benzene rings is 1. The molecule has 0 spiro atoms. The van der Waals surface area contributed by atoms with Gasteiger partial charge in [-0.2, -0.15) is 0 Å². The number of pyridine rings is 1. The summed E-state index contributed by atoms with van der Waals surface area (Å²) in [5.74, 6) is 1.87. The highest BCUT2D eigenvalue weighted by molar-refractivity contribution is 6.03. The summed E-state index contributed by atoms with van der Waals surface area (Å²) in [6.07, 6.45) is 4.06. The first-order valence-electron chi connectivity index (χ1n) is 8.61. The second kappa shape index (κ2) is 6.63. The van der Waals surface area contributed by atoms with Crippen LogP contribution in [0.1, 0.15) is 30.3 Å². The highest BCUT2D eigenvalue weighted by Crippen LogP contribution is 2.34. The third-order valence-corrected chi connectivity index (χ3v) is 4.76. The summed E-state index contributed by atoms with van der Waals surface area (Å²) in [5, 5.41) is 2.87. The predicted octanol–water partition coefficient (Wildman–Crippen LogP) is 3.30. The van der Waals surface area contributed by atoms with Crippen LogP contribution in [0.3, 0.4) is 0 Å². The summed E-state index contributed by atoms with van der Waals surface area (Å²) in [5.41, 5.74) is 2.12. The Kier molecular flexibility index (Phi) is 4.17. The molecule has 1 saturated heterocycles. The van der Waals surface area contributed by atoms with Crippen LogP contribution in [0.4, 0.5) is 11.4 Å². The van der Waals surface area contributed by atoms with Gasteiger partial charge in [0.1, 0.15) is 5.69 Å². The maximum Gasteiger partial charge on any atom is 0.274 e. The zero-order chi connectivity index (χ0) is 17.2. The van der Waals surface area contributed by atoms with Crippen molar-refractivity contribution in [1.29, 1.82) is 0 Å². The molecule has 6 nitrogen and oxygen atoms in total. The Morgan fingerprint density at radius 2 is 1.96 bits per heavy atom. The molecule has 1 aromatic heterocycles. The first-order chi connectivity index (χ1) is 12.2. The summed E-state index contributed by atoms with van der Waals surface area (Å²) < 4.78 is 10.6. The second-order valence-electron chi connectivity index (χ2n) is 6.59. The molecular formula is C19H21N3O3. The molecule has 1 aromatic carbocycles. The predicted molar refractivity (Wildman–Crippen MR) is 95.4 cm³/mol. The molecule has 1 fully saturated rings. The van der Waals surface area contributed by atoms with E-state index in [4.69, 9.17) is 9.47 Å². The van der Waals surface area contributed by atoms with Crippen molar-refractivity contribution in [2.24, 2.45) is 5.92 Å². The van der Waals surface area contributed by atoms with Crippen LogP contribution < -0.4 is 19.7 Å². The number of hydrogen-bond donors (Lipinski definition) is 1. The molecule has 4 rings (SSSR count). The minimum absolute atomic E-state index is 0.213. The zero-order valence-corrected chi connectivity index (χ0v) is 14.2. The van der Waals surface area contributed by atoms with Gasteiger partial charge in [0, 0.05) is 36.7 Å². The van der Waals surface area contributed by atoms with E-state index in [2.05, 4.69) is 22.1 Å². The molecule has 1 N–H and O–H groups in total. The molecule has 2 aliphatic heterocycles. The topological polar surface area (TPSA) is 63.7 Å². The quantitative estimate of drug-likeness (QED) is 0.929. The zero-order valence-electron chi connectivity index (χ0n) is 14.2. The van der Waals surface area contributed by atoms with Gasteiger partial charge in [-0.05, 0) is 43.0 Å². The van der Waals surface area contributed by atoms with Gasteiger partial charge in [-0.15, -0.1) is 0 Å². The molecule has 0 saturated carbocycles. The van der Waals surface area contributed by atoms with E-state index in [1.165, 1.54) is 12.8 Å². The molecule has 0 radical (unpaired) electrons. The molecule has 2 aromatic rings. The Labute approximate surface area is 146 Å². The number of nitrogens with one attached hydrogen (secondary N) is 1. The molecule has 0 atom stereocenters. The number of rotatable bonds is 3. The average molecular weight is 339 g/mol. The van der Waals surface area contributed by atoms with Gasteiger partial charge in [0.25, 0.3) is 5.91 Å². The highest BCUT2D eigenvalue weighted by Gasteiger charge is 2.18. The lowest BCUT2D eigenvalue weighted by atomic mass is 9.99. The van der Waals surface area contributed by atoms with Crippen molar-refractivity contribution < 1.29 is 14.3 Å². The Balaban J connectivity index is 1.48. The summed E-state index contributed by atoms with van der Waals surface area (Å²) in [6.45, 7) is 4.54. The van der Waals surface area contributed by atoms with Crippen LogP contribution in [0.5, 0.6) is 11.5 Å². The average Bonchev–Trinajstić information content (AvgIpc) is 3.10. The summed E-state index contributed by atoms with van der Waals surface area (Å²) in [7, 11) is 0. The van der Waals surface area contributed by atoms with Crippen LogP contribution in [0.2, 0.25) is 0 Å². The molecule has 0 bridgehead atoms. The van der Waals surface area contributed by atoms with E-state index in [9.17, 15) is 4.79 Å². The van der Waals surface area contributed by atoms with E-state index >= 15 is 0 Å². The van der Waals surface area contributed by atoms with Gasteiger partial charge in [0.05, 0.1) is 0 Å². The van der Waals surface area contributed by atoms with Crippen molar-refractivity contribution in [1.82, 2.24) is 4.98 Å². The minimum atomic E-state index is -0.230. The molecule has 130 valence electrons. The maximum absolute atomic E-state index is 12.5. The smallest absolute Gasteiger partial charge is 0.274 e. The van der Waals surface area contributed by atoms with Gasteiger partial charge >= 0.3 is 0 Å². The number of nitrogens with zero attached hydrogens (tertiary/aromatic N) is 2. The lowest BCUT2D eigenvalue weighted by Crippen LogP contribution is -2.33. The monoisotopic (exact) mass is 339 g/mol. The van der Waals surface area contributed by atoms with E-state index in [1.54, 1.807) is 24.4 Å². The Morgan fingerprint density at radius 1 is 1.16 bits per heavy atom. The van der Waals surface area contributed by atoms with Crippen LogP contribution in [0, 0.1) is 5.92 Å². The van der Waals surface area contributed by atoms with Gasteiger partial charge in [0.2, 0.25) is 6.79 Å². The van der Waals surface area contributed by atoms with Crippen molar-refractivity contribution in [2.45, 2.75) is 19.8 Å². The molecule has 6 heteroatoms. The number of carbonyl (C=O) groups is 1. The maximum atomic E-state index is 12.5. The number of fused-ring (bicyclic) bond motifs is 1. The first kappa shape index (κ1) is 15.7. The standard InChI is InChI=1S/C19H21N3O3/c1-13-5-8-22(9-6-13)15-4-7-20-16(11-15)19(23)21-14-2-3-17-18(10-14)25-12-24-17/h2-4,7,10-11,13H,5-6,8-9,12H2,1H3,(H,21,23). The van der Waals surface area contributed by atoms with Crippen molar-refractivity contribution in [3.05, 3.63) is 42.2 Å². The number of anilines is 2. The summed E-state index contributed by atoms with van der Waals surface area (Å²) >= 11 is 0. The molecule has 0 aliphatic carbocycles.